The van der Waals surface area contributed by atoms with E-state index in [4.69, 9.17) is 9.47 Å². The smallest absolute Gasteiger partial charge is 0.318 e. The summed E-state index contributed by atoms with van der Waals surface area (Å²) in [5.74, 6) is 0. The second-order valence-corrected chi connectivity index (χ2v) is 6.85. The van der Waals surface area contributed by atoms with Crippen LogP contribution in [0.25, 0.3) is 10.9 Å². The molecule has 1 aliphatic carbocycles. The first-order valence-electron chi connectivity index (χ1n) is 9.07. The molecular weight excluding hydrogens is 318 g/mol. The zero-order chi connectivity index (χ0) is 17.2. The van der Waals surface area contributed by atoms with Crippen molar-refractivity contribution in [2.24, 2.45) is 0 Å². The summed E-state index contributed by atoms with van der Waals surface area (Å²) in [7, 11) is 0. The van der Waals surface area contributed by atoms with E-state index in [1.165, 1.54) is 5.39 Å². The highest BCUT2D eigenvalue weighted by Gasteiger charge is 2.36. The van der Waals surface area contributed by atoms with Crippen LogP contribution < -0.4 is 5.32 Å². The summed E-state index contributed by atoms with van der Waals surface area (Å²) in [6, 6.07) is 8.62. The number of hydrogen-bond acceptors (Lipinski definition) is 3. The van der Waals surface area contributed by atoms with Crippen LogP contribution in [-0.4, -0.2) is 53.9 Å². The third kappa shape index (κ3) is 3.65. The Kier molecular flexibility index (Phi) is 4.63. The Hall–Kier alpha value is -2.05. The van der Waals surface area contributed by atoms with E-state index in [-0.39, 0.29) is 18.2 Å². The number of ether oxygens (including phenoxy) is 2. The lowest BCUT2D eigenvalue weighted by molar-refractivity contribution is 0.0417. The zero-order valence-electron chi connectivity index (χ0n) is 14.5. The third-order valence-corrected chi connectivity index (χ3v) is 4.94. The summed E-state index contributed by atoms with van der Waals surface area (Å²) in [5, 5.41) is 4.29. The number of carbonyl (C=O) groups is 1. The highest BCUT2D eigenvalue weighted by Crippen LogP contribution is 2.29. The first-order valence-corrected chi connectivity index (χ1v) is 9.07. The number of H-pyrrole nitrogens is 1. The van der Waals surface area contributed by atoms with Crippen molar-refractivity contribution >= 4 is 16.9 Å². The summed E-state index contributed by atoms with van der Waals surface area (Å²) in [5.41, 5.74) is 2.27. The lowest BCUT2D eigenvalue weighted by atomic mass is 10.1. The highest BCUT2D eigenvalue weighted by molar-refractivity contribution is 5.80. The van der Waals surface area contributed by atoms with Crippen LogP contribution in [0.15, 0.2) is 30.5 Å². The Balaban J connectivity index is 1.44. The van der Waals surface area contributed by atoms with Crippen LogP contribution in [-0.2, 0) is 16.0 Å². The largest absolute Gasteiger partial charge is 0.376 e. The first kappa shape index (κ1) is 16.4. The Morgan fingerprint density at radius 1 is 1.36 bits per heavy atom. The van der Waals surface area contributed by atoms with Gasteiger partial charge in [0.2, 0.25) is 0 Å². The molecular formula is C19H25N3O3. The number of carbonyl (C=O) groups excluding carboxylic acids is 1. The fourth-order valence-electron chi connectivity index (χ4n) is 3.44. The van der Waals surface area contributed by atoms with Crippen molar-refractivity contribution in [3.8, 4) is 0 Å². The van der Waals surface area contributed by atoms with Gasteiger partial charge in [0.1, 0.15) is 6.10 Å². The van der Waals surface area contributed by atoms with Crippen LogP contribution in [0.3, 0.4) is 0 Å². The third-order valence-electron chi connectivity index (χ3n) is 4.94. The first-order chi connectivity index (χ1) is 12.2. The van der Waals surface area contributed by atoms with Crippen molar-refractivity contribution in [3.63, 3.8) is 0 Å². The van der Waals surface area contributed by atoms with Crippen molar-refractivity contribution < 1.29 is 14.3 Å². The van der Waals surface area contributed by atoms with Gasteiger partial charge >= 0.3 is 6.03 Å². The molecule has 1 aromatic heterocycles. The molecule has 6 nitrogen and oxygen atoms in total. The van der Waals surface area contributed by atoms with Gasteiger partial charge in [-0.15, -0.1) is 0 Å². The second-order valence-electron chi connectivity index (χ2n) is 6.85. The van der Waals surface area contributed by atoms with Gasteiger partial charge in [0.15, 0.2) is 0 Å². The van der Waals surface area contributed by atoms with E-state index in [1.54, 1.807) is 0 Å². The van der Waals surface area contributed by atoms with Crippen molar-refractivity contribution in [1.82, 2.24) is 15.2 Å². The van der Waals surface area contributed by atoms with Crippen molar-refractivity contribution in [1.29, 1.82) is 0 Å². The fourth-order valence-corrected chi connectivity index (χ4v) is 3.44. The molecule has 0 spiro atoms. The monoisotopic (exact) mass is 343 g/mol. The number of aromatic amines is 1. The summed E-state index contributed by atoms with van der Waals surface area (Å²) in [4.78, 5) is 18.0. The maximum atomic E-state index is 12.8. The van der Waals surface area contributed by atoms with Crippen molar-refractivity contribution in [2.75, 3.05) is 19.8 Å². The van der Waals surface area contributed by atoms with Crippen LogP contribution in [0, 0.1) is 0 Å². The predicted molar refractivity (Wildman–Crippen MR) is 95.4 cm³/mol. The maximum absolute atomic E-state index is 12.8. The minimum atomic E-state index is -0.0687. The number of nitrogens with one attached hydrogen (secondary N) is 2. The van der Waals surface area contributed by atoms with E-state index in [0.717, 1.165) is 23.9 Å². The number of urea groups is 1. The molecule has 0 radical (unpaired) electrons. The van der Waals surface area contributed by atoms with Gasteiger partial charge in [-0.2, -0.15) is 0 Å². The van der Waals surface area contributed by atoms with Crippen LogP contribution >= 0.6 is 0 Å². The Labute approximate surface area is 147 Å². The molecule has 2 fully saturated rings. The lowest BCUT2D eigenvalue weighted by Crippen LogP contribution is -2.50. The summed E-state index contributed by atoms with van der Waals surface area (Å²) >= 11 is 0. The van der Waals surface area contributed by atoms with E-state index in [0.29, 0.717) is 32.4 Å². The van der Waals surface area contributed by atoms with Crippen molar-refractivity contribution in [3.05, 3.63) is 36.0 Å². The molecule has 1 saturated carbocycles. The second kappa shape index (κ2) is 7.06. The van der Waals surface area contributed by atoms with Crippen LogP contribution in [0.5, 0.6) is 0 Å². The molecule has 2 aromatic rings. The van der Waals surface area contributed by atoms with Crippen molar-refractivity contribution in [2.45, 2.75) is 44.5 Å². The highest BCUT2D eigenvalue weighted by atomic mass is 16.5. The van der Waals surface area contributed by atoms with Gasteiger partial charge in [0.25, 0.3) is 0 Å². The van der Waals surface area contributed by atoms with Gasteiger partial charge in [0.05, 0.1) is 19.3 Å². The van der Waals surface area contributed by atoms with Gasteiger partial charge in [-0.1, -0.05) is 6.07 Å². The van der Waals surface area contributed by atoms with E-state index >= 15 is 0 Å². The normalized spacial score (nSPS) is 23.1. The Morgan fingerprint density at radius 3 is 3.04 bits per heavy atom. The number of nitrogens with zero attached hydrogens (tertiary/aromatic N) is 1. The van der Waals surface area contributed by atoms with Crippen LogP contribution in [0.1, 0.15) is 25.3 Å². The topological polar surface area (TPSA) is 66.6 Å². The summed E-state index contributed by atoms with van der Waals surface area (Å²) in [6.45, 7) is 4.29. The molecule has 6 heteroatoms. The molecule has 1 saturated heterocycles. The molecule has 4 rings (SSSR count). The zero-order valence-corrected chi connectivity index (χ0v) is 14.5. The molecule has 2 N–H and O–H groups in total. The van der Waals surface area contributed by atoms with E-state index in [9.17, 15) is 4.79 Å². The number of aromatic nitrogens is 1. The molecule has 2 atom stereocenters. The standard InChI is InChI=1S/C19H25N3O3/c1-2-25-18-12-24-11-17(18)21-19(23)22(15-4-5-15)10-13-3-6-16-14(9-13)7-8-20-16/h3,6-9,15,17-18,20H,2,4-5,10-12H2,1H3,(H,21,23)/t17-,18-/m0/s1. The van der Waals surface area contributed by atoms with E-state index in [1.807, 2.05) is 18.0 Å². The van der Waals surface area contributed by atoms with Gasteiger partial charge in [0, 0.05) is 30.9 Å². The average Bonchev–Trinajstić information content (AvgIpc) is 3.18. The molecule has 2 aliphatic rings. The summed E-state index contributed by atoms with van der Waals surface area (Å²) < 4.78 is 11.1. The van der Waals surface area contributed by atoms with Gasteiger partial charge in [-0.05, 0) is 48.9 Å². The molecule has 134 valence electrons. The van der Waals surface area contributed by atoms with Gasteiger partial charge in [-0.25, -0.2) is 4.79 Å². The number of fused-ring (bicyclic) bond motifs is 1. The Bertz CT molecular complexity index is 740. The minimum absolute atomic E-state index is 0.0168. The number of amides is 2. The number of rotatable bonds is 6. The fraction of sp³-hybridized carbons (Fsp3) is 0.526. The lowest BCUT2D eigenvalue weighted by Gasteiger charge is -2.26. The molecule has 0 bridgehead atoms. The van der Waals surface area contributed by atoms with E-state index in [2.05, 4.69) is 34.6 Å². The SMILES string of the molecule is CCO[C@H]1COC[C@@H]1NC(=O)N(Cc1ccc2[nH]ccc2c1)C1CC1. The minimum Gasteiger partial charge on any atom is -0.376 e. The predicted octanol–water partition coefficient (Wildman–Crippen LogP) is 2.65. The van der Waals surface area contributed by atoms with Gasteiger partial charge in [-0.3, -0.25) is 0 Å². The summed E-state index contributed by atoms with van der Waals surface area (Å²) in [6.07, 6.45) is 4.05. The maximum Gasteiger partial charge on any atom is 0.318 e. The van der Waals surface area contributed by atoms with Crippen LogP contribution in [0.4, 0.5) is 4.79 Å². The number of hydrogen-bond donors (Lipinski definition) is 2. The molecule has 2 amide bonds. The molecule has 0 unspecified atom stereocenters. The average molecular weight is 343 g/mol. The number of benzene rings is 1. The molecule has 1 aliphatic heterocycles. The molecule has 25 heavy (non-hydrogen) atoms. The van der Waals surface area contributed by atoms with E-state index < -0.39 is 0 Å². The van der Waals surface area contributed by atoms with Gasteiger partial charge < -0.3 is 24.7 Å². The Morgan fingerprint density at radius 2 is 2.24 bits per heavy atom. The molecule has 2 heterocycles. The quantitative estimate of drug-likeness (QED) is 0.847. The van der Waals surface area contributed by atoms with Crippen LogP contribution in [0.2, 0.25) is 0 Å². The molecule has 1 aromatic carbocycles.